The summed E-state index contributed by atoms with van der Waals surface area (Å²) >= 11 is 5.94. The van der Waals surface area contributed by atoms with E-state index < -0.39 is 5.82 Å². The first-order chi connectivity index (χ1) is 17.0. The fourth-order valence-electron chi connectivity index (χ4n) is 5.01. The number of anilines is 2. The molecule has 0 aliphatic carbocycles. The normalized spacial score (nSPS) is 18.6. The zero-order valence-electron chi connectivity index (χ0n) is 19.8. The smallest absolute Gasteiger partial charge is 0.227 e. The molecule has 0 radical (unpaired) electrons. The summed E-state index contributed by atoms with van der Waals surface area (Å²) in [5.74, 6) is 0.558. The first-order valence-electron chi connectivity index (χ1n) is 12.1. The molecule has 182 valence electrons. The standard InChI is InChI=1S/C27H29ClFN5O/c1-19-5-2-3-7-22(19)25-10-11-26(31-30-25)34-12-4-6-20(18-34)27(35)33-15-13-32(14-16-33)21-8-9-24(29)23(28)17-21/h2-3,5,7-11,17,20H,4,6,12-16,18H2,1H3. The molecule has 1 aromatic heterocycles. The number of nitrogens with zero attached hydrogens (tertiary/aromatic N) is 5. The summed E-state index contributed by atoms with van der Waals surface area (Å²) in [4.78, 5) is 19.6. The maximum atomic E-state index is 13.5. The van der Waals surface area contributed by atoms with Crippen molar-refractivity contribution in [3.05, 3.63) is 71.0 Å². The molecule has 1 atom stereocenters. The molecular formula is C27H29ClFN5O. The summed E-state index contributed by atoms with van der Waals surface area (Å²) < 4.78 is 13.5. The minimum Gasteiger partial charge on any atom is -0.368 e. The molecular weight excluding hydrogens is 465 g/mol. The van der Waals surface area contributed by atoms with Crippen molar-refractivity contribution in [3.63, 3.8) is 0 Å². The zero-order chi connectivity index (χ0) is 24.4. The van der Waals surface area contributed by atoms with Crippen molar-refractivity contribution in [1.82, 2.24) is 15.1 Å². The van der Waals surface area contributed by atoms with Gasteiger partial charge in [-0.25, -0.2) is 4.39 Å². The minimum atomic E-state index is -0.416. The molecule has 3 heterocycles. The van der Waals surface area contributed by atoms with E-state index in [1.807, 2.05) is 29.2 Å². The molecule has 2 fully saturated rings. The van der Waals surface area contributed by atoms with Gasteiger partial charge in [0.05, 0.1) is 16.6 Å². The fraction of sp³-hybridized carbons (Fsp3) is 0.370. The van der Waals surface area contributed by atoms with Crippen molar-refractivity contribution in [2.45, 2.75) is 19.8 Å². The minimum absolute atomic E-state index is 0.0478. The van der Waals surface area contributed by atoms with Gasteiger partial charge in [0.15, 0.2) is 5.82 Å². The summed E-state index contributed by atoms with van der Waals surface area (Å²) in [7, 11) is 0. The van der Waals surface area contributed by atoms with Crippen LogP contribution in [-0.4, -0.2) is 60.3 Å². The Morgan fingerprint density at radius 3 is 2.49 bits per heavy atom. The van der Waals surface area contributed by atoms with Gasteiger partial charge in [-0.05, 0) is 55.7 Å². The Hall–Kier alpha value is -3.19. The number of aryl methyl sites for hydroxylation is 1. The molecule has 35 heavy (non-hydrogen) atoms. The highest BCUT2D eigenvalue weighted by atomic mass is 35.5. The van der Waals surface area contributed by atoms with Crippen molar-refractivity contribution in [3.8, 4) is 11.3 Å². The lowest BCUT2D eigenvalue weighted by Gasteiger charge is -2.40. The van der Waals surface area contributed by atoms with Crippen LogP contribution in [0.4, 0.5) is 15.9 Å². The van der Waals surface area contributed by atoms with Gasteiger partial charge >= 0.3 is 0 Å². The molecule has 2 saturated heterocycles. The largest absolute Gasteiger partial charge is 0.368 e. The van der Waals surface area contributed by atoms with Crippen molar-refractivity contribution in [2.75, 3.05) is 49.1 Å². The second kappa shape index (κ2) is 10.2. The average molecular weight is 494 g/mol. The van der Waals surface area contributed by atoms with Gasteiger partial charge in [-0.3, -0.25) is 4.79 Å². The summed E-state index contributed by atoms with van der Waals surface area (Å²) in [6, 6.07) is 17.0. The molecule has 3 aromatic rings. The van der Waals surface area contributed by atoms with Gasteiger partial charge in [-0.1, -0.05) is 35.9 Å². The Morgan fingerprint density at radius 1 is 0.971 bits per heavy atom. The Bertz CT molecular complexity index is 1200. The van der Waals surface area contributed by atoms with Crippen LogP contribution < -0.4 is 9.80 Å². The monoisotopic (exact) mass is 493 g/mol. The van der Waals surface area contributed by atoms with Crippen LogP contribution in [0.3, 0.4) is 0 Å². The molecule has 8 heteroatoms. The lowest BCUT2D eigenvalue weighted by molar-refractivity contribution is -0.136. The van der Waals surface area contributed by atoms with Crippen molar-refractivity contribution < 1.29 is 9.18 Å². The number of halogens is 2. The predicted molar refractivity (Wildman–Crippen MR) is 137 cm³/mol. The van der Waals surface area contributed by atoms with Crippen LogP contribution >= 0.6 is 11.6 Å². The van der Waals surface area contributed by atoms with Crippen LogP contribution in [0.1, 0.15) is 18.4 Å². The molecule has 2 aromatic carbocycles. The van der Waals surface area contributed by atoms with E-state index in [0.717, 1.165) is 42.1 Å². The van der Waals surface area contributed by atoms with Crippen molar-refractivity contribution >= 4 is 29.0 Å². The topological polar surface area (TPSA) is 52.6 Å². The van der Waals surface area contributed by atoms with Gasteiger partial charge in [0.2, 0.25) is 5.91 Å². The third-order valence-electron chi connectivity index (χ3n) is 7.03. The van der Waals surface area contributed by atoms with Crippen LogP contribution in [0.5, 0.6) is 0 Å². The highest BCUT2D eigenvalue weighted by Crippen LogP contribution is 2.27. The third-order valence-corrected chi connectivity index (χ3v) is 7.32. The van der Waals surface area contributed by atoms with E-state index in [4.69, 9.17) is 11.6 Å². The molecule has 1 amide bonds. The van der Waals surface area contributed by atoms with Crippen LogP contribution in [0.25, 0.3) is 11.3 Å². The molecule has 0 bridgehead atoms. The van der Waals surface area contributed by atoms with E-state index in [1.54, 1.807) is 12.1 Å². The number of amides is 1. The fourth-order valence-corrected chi connectivity index (χ4v) is 5.18. The second-order valence-electron chi connectivity index (χ2n) is 9.29. The average Bonchev–Trinajstić information content (AvgIpc) is 2.90. The Labute approximate surface area is 210 Å². The van der Waals surface area contributed by atoms with E-state index in [2.05, 4.69) is 39.1 Å². The predicted octanol–water partition coefficient (Wildman–Crippen LogP) is 4.81. The number of carbonyl (C=O) groups is 1. The van der Waals surface area contributed by atoms with Crippen molar-refractivity contribution in [1.29, 1.82) is 0 Å². The highest BCUT2D eigenvalue weighted by Gasteiger charge is 2.31. The number of benzene rings is 2. The van der Waals surface area contributed by atoms with Crippen LogP contribution in [0, 0.1) is 18.7 Å². The van der Waals surface area contributed by atoms with Gasteiger partial charge in [-0.15, -0.1) is 10.2 Å². The number of piperazine rings is 1. The Morgan fingerprint density at radius 2 is 1.77 bits per heavy atom. The molecule has 1 unspecified atom stereocenters. The van der Waals surface area contributed by atoms with Crippen LogP contribution in [-0.2, 0) is 4.79 Å². The number of rotatable bonds is 4. The molecule has 2 aliphatic heterocycles. The molecule has 0 saturated carbocycles. The van der Waals surface area contributed by atoms with E-state index in [-0.39, 0.29) is 16.8 Å². The van der Waals surface area contributed by atoms with Gasteiger partial charge in [0.25, 0.3) is 0 Å². The van der Waals surface area contributed by atoms with Gasteiger partial charge in [-0.2, -0.15) is 0 Å². The number of hydrogen-bond acceptors (Lipinski definition) is 5. The Kier molecular flexibility index (Phi) is 6.86. The number of hydrogen-bond donors (Lipinski definition) is 0. The third kappa shape index (κ3) is 5.10. The first-order valence-corrected chi connectivity index (χ1v) is 12.5. The summed E-state index contributed by atoms with van der Waals surface area (Å²) in [5.41, 5.74) is 4.00. The maximum absolute atomic E-state index is 13.5. The molecule has 2 aliphatic rings. The van der Waals surface area contributed by atoms with Gasteiger partial charge < -0.3 is 14.7 Å². The number of aromatic nitrogens is 2. The van der Waals surface area contributed by atoms with Gasteiger partial charge in [0.1, 0.15) is 5.82 Å². The van der Waals surface area contributed by atoms with Crippen LogP contribution in [0.15, 0.2) is 54.6 Å². The number of carbonyl (C=O) groups excluding carboxylic acids is 1. The van der Waals surface area contributed by atoms with Gasteiger partial charge in [0, 0.05) is 50.5 Å². The summed E-state index contributed by atoms with van der Waals surface area (Å²) in [6.45, 7) is 6.31. The quantitative estimate of drug-likeness (QED) is 0.522. The SMILES string of the molecule is Cc1ccccc1-c1ccc(N2CCCC(C(=O)N3CCN(c4ccc(F)c(Cl)c4)CC3)C2)nn1. The summed E-state index contributed by atoms with van der Waals surface area (Å²) in [5, 5.41) is 9.08. The summed E-state index contributed by atoms with van der Waals surface area (Å²) in [6.07, 6.45) is 1.84. The molecule has 0 N–H and O–H groups in total. The molecule has 6 nitrogen and oxygen atoms in total. The molecule has 0 spiro atoms. The highest BCUT2D eigenvalue weighted by molar-refractivity contribution is 6.31. The Balaban J connectivity index is 1.19. The number of piperidine rings is 1. The maximum Gasteiger partial charge on any atom is 0.227 e. The van der Waals surface area contributed by atoms with E-state index in [1.165, 1.54) is 11.6 Å². The van der Waals surface area contributed by atoms with E-state index in [0.29, 0.717) is 32.7 Å². The lowest BCUT2D eigenvalue weighted by Crippen LogP contribution is -2.52. The van der Waals surface area contributed by atoms with Crippen molar-refractivity contribution in [2.24, 2.45) is 5.92 Å². The zero-order valence-corrected chi connectivity index (χ0v) is 20.6. The van der Waals surface area contributed by atoms with E-state index in [9.17, 15) is 9.18 Å². The molecule has 5 rings (SSSR count). The van der Waals surface area contributed by atoms with E-state index >= 15 is 0 Å². The second-order valence-corrected chi connectivity index (χ2v) is 9.69. The van der Waals surface area contributed by atoms with Crippen LogP contribution in [0.2, 0.25) is 5.02 Å². The lowest BCUT2D eigenvalue weighted by atomic mass is 9.96. The first kappa shape index (κ1) is 23.5.